The maximum atomic E-state index is 12.2. The van der Waals surface area contributed by atoms with Crippen LogP contribution >= 0.6 is 0 Å². The van der Waals surface area contributed by atoms with E-state index >= 15 is 0 Å². The lowest BCUT2D eigenvalue weighted by Gasteiger charge is -2.13. The molecule has 1 unspecified atom stereocenters. The van der Waals surface area contributed by atoms with Gasteiger partial charge in [-0.2, -0.15) is 0 Å². The lowest BCUT2D eigenvalue weighted by Crippen LogP contribution is -2.31. The molecule has 5 heteroatoms. The minimum atomic E-state index is -0.110. The van der Waals surface area contributed by atoms with Crippen molar-refractivity contribution < 1.29 is 9.59 Å². The maximum absolute atomic E-state index is 12.2. The van der Waals surface area contributed by atoms with Crippen LogP contribution in [0.25, 0.3) is 0 Å². The summed E-state index contributed by atoms with van der Waals surface area (Å²) in [6, 6.07) is 13.2. The van der Waals surface area contributed by atoms with E-state index in [4.69, 9.17) is 0 Å². The Labute approximate surface area is 155 Å². The molecule has 0 aliphatic heterocycles. The first-order valence-electron chi connectivity index (χ1n) is 8.91. The Morgan fingerprint density at radius 1 is 1.00 bits per heavy atom. The Kier molecular flexibility index (Phi) is 6.78. The summed E-state index contributed by atoms with van der Waals surface area (Å²) in [7, 11) is 0. The zero-order chi connectivity index (χ0) is 19.1. The molecule has 2 rings (SSSR count). The molecule has 0 aliphatic rings. The molecule has 0 radical (unpaired) electrons. The van der Waals surface area contributed by atoms with E-state index in [1.165, 1.54) is 0 Å². The lowest BCUT2D eigenvalue weighted by atomic mass is 10.1. The van der Waals surface area contributed by atoms with Crippen molar-refractivity contribution in [2.24, 2.45) is 0 Å². The second kappa shape index (κ2) is 9.04. The van der Waals surface area contributed by atoms with Gasteiger partial charge >= 0.3 is 0 Å². The van der Waals surface area contributed by atoms with Gasteiger partial charge in [0.05, 0.1) is 6.54 Å². The molecule has 0 aliphatic carbocycles. The van der Waals surface area contributed by atoms with Crippen LogP contribution in [0.3, 0.4) is 0 Å². The summed E-state index contributed by atoms with van der Waals surface area (Å²) >= 11 is 0. The van der Waals surface area contributed by atoms with Crippen LogP contribution in [0.5, 0.6) is 0 Å². The highest BCUT2D eigenvalue weighted by molar-refractivity contribution is 5.96. The van der Waals surface area contributed by atoms with Crippen LogP contribution in [-0.2, 0) is 4.79 Å². The Balaban J connectivity index is 1.89. The SMILES string of the molecule is CCC(C)NC(=O)c1ccc(NCC(=O)Nc2c(C)cccc2C)cc1. The summed E-state index contributed by atoms with van der Waals surface area (Å²) in [5, 5.41) is 8.95. The quantitative estimate of drug-likeness (QED) is 0.707. The summed E-state index contributed by atoms with van der Waals surface area (Å²) in [5.74, 6) is -0.195. The number of aryl methyl sites for hydroxylation is 2. The molecule has 5 nitrogen and oxygen atoms in total. The molecular weight excluding hydrogens is 326 g/mol. The van der Waals surface area contributed by atoms with Gasteiger partial charge in [0.25, 0.3) is 5.91 Å². The molecule has 0 fully saturated rings. The number of carbonyl (C=O) groups excluding carboxylic acids is 2. The zero-order valence-electron chi connectivity index (χ0n) is 15.8. The monoisotopic (exact) mass is 353 g/mol. The molecule has 0 saturated heterocycles. The van der Waals surface area contributed by atoms with E-state index in [9.17, 15) is 9.59 Å². The third-order valence-corrected chi connectivity index (χ3v) is 4.34. The second-order valence-corrected chi connectivity index (χ2v) is 6.53. The molecule has 2 aromatic carbocycles. The van der Waals surface area contributed by atoms with E-state index in [0.29, 0.717) is 5.56 Å². The summed E-state index contributed by atoms with van der Waals surface area (Å²) in [4.78, 5) is 24.2. The summed E-state index contributed by atoms with van der Waals surface area (Å²) in [6.45, 7) is 8.11. The van der Waals surface area contributed by atoms with Crippen LogP contribution in [-0.4, -0.2) is 24.4 Å². The summed E-state index contributed by atoms with van der Waals surface area (Å²) in [5.41, 5.74) is 4.33. The van der Waals surface area contributed by atoms with E-state index in [1.54, 1.807) is 24.3 Å². The fourth-order valence-corrected chi connectivity index (χ4v) is 2.53. The van der Waals surface area contributed by atoms with Crippen LogP contribution in [0.1, 0.15) is 41.8 Å². The van der Waals surface area contributed by atoms with Crippen molar-refractivity contribution in [2.75, 3.05) is 17.2 Å². The number of hydrogen-bond acceptors (Lipinski definition) is 3. The Hall–Kier alpha value is -2.82. The van der Waals surface area contributed by atoms with E-state index < -0.39 is 0 Å². The highest BCUT2D eigenvalue weighted by Gasteiger charge is 2.09. The third kappa shape index (κ3) is 5.34. The van der Waals surface area contributed by atoms with Gasteiger partial charge in [0.1, 0.15) is 0 Å². The Morgan fingerprint density at radius 3 is 2.19 bits per heavy atom. The van der Waals surface area contributed by atoms with Gasteiger partial charge in [0.2, 0.25) is 5.91 Å². The van der Waals surface area contributed by atoms with Gasteiger partial charge in [0.15, 0.2) is 0 Å². The fraction of sp³-hybridized carbons (Fsp3) is 0.333. The average molecular weight is 353 g/mol. The fourth-order valence-electron chi connectivity index (χ4n) is 2.53. The number of para-hydroxylation sites is 1. The molecule has 138 valence electrons. The second-order valence-electron chi connectivity index (χ2n) is 6.53. The number of anilines is 2. The van der Waals surface area contributed by atoms with Gasteiger partial charge < -0.3 is 16.0 Å². The average Bonchev–Trinajstić information content (AvgIpc) is 2.63. The van der Waals surface area contributed by atoms with Crippen molar-refractivity contribution >= 4 is 23.2 Å². The largest absolute Gasteiger partial charge is 0.376 e. The standard InChI is InChI=1S/C21H27N3O2/c1-5-16(4)23-21(26)17-9-11-18(12-10-17)22-13-19(25)24-20-14(2)7-6-8-15(20)3/h6-12,16,22H,5,13H2,1-4H3,(H,23,26)(H,24,25). The van der Waals surface area contributed by atoms with Crippen molar-refractivity contribution in [3.05, 3.63) is 59.2 Å². The molecule has 3 N–H and O–H groups in total. The molecule has 0 heterocycles. The van der Waals surface area contributed by atoms with Crippen molar-refractivity contribution in [1.82, 2.24) is 5.32 Å². The highest BCUT2D eigenvalue weighted by atomic mass is 16.2. The predicted octanol–water partition coefficient (Wildman–Crippen LogP) is 3.88. The lowest BCUT2D eigenvalue weighted by molar-refractivity contribution is -0.114. The minimum Gasteiger partial charge on any atom is -0.376 e. The van der Waals surface area contributed by atoms with Gasteiger partial charge in [-0.1, -0.05) is 25.1 Å². The third-order valence-electron chi connectivity index (χ3n) is 4.34. The minimum absolute atomic E-state index is 0.0846. The van der Waals surface area contributed by atoms with Crippen molar-refractivity contribution in [1.29, 1.82) is 0 Å². The van der Waals surface area contributed by atoms with E-state index in [1.807, 2.05) is 45.9 Å². The molecule has 1 atom stereocenters. The Morgan fingerprint density at radius 2 is 1.62 bits per heavy atom. The molecule has 0 bridgehead atoms. The van der Waals surface area contributed by atoms with Gasteiger partial charge in [0, 0.05) is 23.0 Å². The van der Waals surface area contributed by atoms with Crippen LogP contribution in [0.4, 0.5) is 11.4 Å². The van der Waals surface area contributed by atoms with Crippen LogP contribution in [0.2, 0.25) is 0 Å². The first-order valence-corrected chi connectivity index (χ1v) is 8.91. The smallest absolute Gasteiger partial charge is 0.251 e. The van der Waals surface area contributed by atoms with Gasteiger partial charge in [-0.3, -0.25) is 9.59 Å². The predicted molar refractivity (Wildman–Crippen MR) is 107 cm³/mol. The number of rotatable bonds is 7. The number of nitrogens with one attached hydrogen (secondary N) is 3. The zero-order valence-corrected chi connectivity index (χ0v) is 15.8. The molecule has 0 spiro atoms. The number of benzene rings is 2. The molecular formula is C21H27N3O2. The van der Waals surface area contributed by atoms with Gasteiger partial charge in [-0.25, -0.2) is 0 Å². The molecule has 0 aromatic heterocycles. The summed E-state index contributed by atoms with van der Waals surface area (Å²) < 4.78 is 0. The van der Waals surface area contributed by atoms with Crippen molar-refractivity contribution in [3.8, 4) is 0 Å². The first kappa shape index (κ1) is 19.5. The summed E-state index contributed by atoms with van der Waals surface area (Å²) in [6.07, 6.45) is 0.890. The van der Waals surface area contributed by atoms with Crippen LogP contribution in [0, 0.1) is 13.8 Å². The number of hydrogen-bond donors (Lipinski definition) is 3. The van der Waals surface area contributed by atoms with E-state index in [2.05, 4.69) is 16.0 Å². The van der Waals surface area contributed by atoms with Crippen LogP contribution in [0.15, 0.2) is 42.5 Å². The number of amides is 2. The van der Waals surface area contributed by atoms with Crippen molar-refractivity contribution in [3.63, 3.8) is 0 Å². The number of carbonyl (C=O) groups is 2. The topological polar surface area (TPSA) is 70.2 Å². The van der Waals surface area contributed by atoms with Crippen molar-refractivity contribution in [2.45, 2.75) is 40.2 Å². The van der Waals surface area contributed by atoms with E-state index in [0.717, 1.165) is 28.9 Å². The molecule has 2 aromatic rings. The van der Waals surface area contributed by atoms with Gasteiger partial charge in [-0.05, 0) is 62.6 Å². The van der Waals surface area contributed by atoms with E-state index in [-0.39, 0.29) is 24.4 Å². The molecule has 2 amide bonds. The Bertz CT molecular complexity index is 749. The van der Waals surface area contributed by atoms with Gasteiger partial charge in [-0.15, -0.1) is 0 Å². The first-order chi connectivity index (χ1) is 12.4. The molecule has 26 heavy (non-hydrogen) atoms. The van der Waals surface area contributed by atoms with Crippen LogP contribution < -0.4 is 16.0 Å². The normalized spacial score (nSPS) is 11.5. The highest BCUT2D eigenvalue weighted by Crippen LogP contribution is 2.19. The maximum Gasteiger partial charge on any atom is 0.251 e. The molecule has 0 saturated carbocycles.